The van der Waals surface area contributed by atoms with Crippen molar-refractivity contribution in [2.24, 2.45) is 0 Å². The highest BCUT2D eigenvalue weighted by Crippen LogP contribution is 2.38. The van der Waals surface area contributed by atoms with E-state index >= 15 is 0 Å². The fourth-order valence-electron chi connectivity index (χ4n) is 7.34. The molecule has 0 spiro atoms. The maximum atomic E-state index is 6.49. The van der Waals surface area contributed by atoms with E-state index in [-0.39, 0.29) is 0 Å². The van der Waals surface area contributed by atoms with Crippen LogP contribution in [0, 0.1) is 0 Å². The van der Waals surface area contributed by atoms with E-state index in [9.17, 15) is 0 Å². The Morgan fingerprint density at radius 2 is 1.09 bits per heavy atom. The van der Waals surface area contributed by atoms with Gasteiger partial charge in [-0.3, -0.25) is 0 Å². The first-order valence-corrected chi connectivity index (χ1v) is 17.8. The molecule has 2 heteroatoms. The van der Waals surface area contributed by atoms with Gasteiger partial charge in [-0.15, -0.1) is 0 Å². The van der Waals surface area contributed by atoms with Crippen LogP contribution in [0.2, 0.25) is 0 Å². The van der Waals surface area contributed by atoms with E-state index < -0.39 is 0 Å². The lowest BCUT2D eigenvalue weighted by atomic mass is 9.87. The van der Waals surface area contributed by atoms with Gasteiger partial charge >= 0.3 is 0 Å². The third-order valence-corrected chi connectivity index (χ3v) is 10.1. The van der Waals surface area contributed by atoms with Crippen molar-refractivity contribution in [2.45, 2.75) is 0 Å². The van der Waals surface area contributed by atoms with Crippen molar-refractivity contribution < 1.29 is 8.83 Å². The Balaban J connectivity index is 1.31. The van der Waals surface area contributed by atoms with E-state index in [2.05, 4.69) is 124 Å². The predicted octanol–water partition coefficient (Wildman–Crippen LogP) is 13.0. The average Bonchev–Trinajstić information content (AvgIpc) is 3.74. The summed E-state index contributed by atoms with van der Waals surface area (Å²) < 4.78 is 12.9. The van der Waals surface area contributed by atoms with Crippen LogP contribution in [0.3, 0.4) is 0 Å². The summed E-state index contributed by atoms with van der Waals surface area (Å²) in [5.41, 5.74) is 10.2. The smallest absolute Gasteiger partial charge is 0.147 e. The molecule has 0 aliphatic heterocycles. The van der Waals surface area contributed by atoms with Crippen molar-refractivity contribution in [1.82, 2.24) is 0 Å². The van der Waals surface area contributed by atoms with Gasteiger partial charge in [0.15, 0.2) is 0 Å². The number of para-hydroxylation sites is 1. The van der Waals surface area contributed by atoms with E-state index in [0.717, 1.165) is 104 Å². The zero-order chi connectivity index (χ0) is 37.3. The number of hydrogen-bond acceptors (Lipinski definition) is 2. The van der Waals surface area contributed by atoms with Gasteiger partial charge in [0.1, 0.15) is 22.2 Å². The van der Waals surface area contributed by atoms with E-state index in [4.69, 9.17) is 8.83 Å². The van der Waals surface area contributed by atoms with Gasteiger partial charge in [-0.25, -0.2) is 0 Å². The third kappa shape index (κ3) is 5.90. The van der Waals surface area contributed by atoms with E-state index in [1.54, 1.807) is 6.08 Å². The first-order chi connectivity index (χ1) is 26.4. The van der Waals surface area contributed by atoms with E-state index in [0.29, 0.717) is 5.42 Å². The molecule has 0 unspecified atom stereocenters. The summed E-state index contributed by atoms with van der Waals surface area (Å²) in [6, 6.07) is 45.5. The lowest BCUT2D eigenvalue weighted by Crippen LogP contribution is -2.18. The molecule has 0 atom stereocenters. The maximum Gasteiger partial charge on any atom is 0.147 e. The minimum atomic E-state index is 0.564. The molecule has 0 fully saturated rings. The van der Waals surface area contributed by atoms with Crippen molar-refractivity contribution >= 4 is 83.8 Å². The first kappa shape index (κ1) is 34.0. The molecule has 0 saturated heterocycles. The standard InChI is InChI=1S/C52H38O2/c1-7-8-19-33(2)35(4)40-22-13-14-23-41(40)36(5)42-21-12-10-9-11-20-39(43-24-15-16-25-44(42)43)34(3)32-48-37(6)53-51-47(48)31-29-38-28-30-46-45-26-17-18-27-49(45)54-52(46)50(38)51/h7-32H,1-6H2/b10-9?,11-9?,12-10?,19-8-,20-11?,21-12?,39-20?,42-21?,43-39?,44-42?,48-32+. The summed E-state index contributed by atoms with van der Waals surface area (Å²) in [5.74, 6) is 0. The van der Waals surface area contributed by atoms with Crippen LogP contribution in [0.25, 0.3) is 83.8 Å². The number of furan rings is 2. The molecular formula is C52H38O2. The average molecular weight is 695 g/mol. The molecule has 0 radical (unpaired) electrons. The Kier molecular flexibility index (Phi) is 8.87. The summed E-state index contributed by atoms with van der Waals surface area (Å²) in [5, 5.41) is 7.98. The SMILES string of the molecule is C=C/C=C\C(=C)C(=C)c1ccccc1C(=C)c1ccccccc(C(=C)/C=c2\c(=C)oc3c2ccc2ccc4c5ccccc5oc4c23)c2ccccc12. The highest BCUT2D eigenvalue weighted by molar-refractivity contribution is 6.22. The number of benzene rings is 5. The molecule has 0 saturated carbocycles. The van der Waals surface area contributed by atoms with Crippen molar-refractivity contribution in [2.75, 3.05) is 0 Å². The Hall–Kier alpha value is -7.16. The van der Waals surface area contributed by atoms with Gasteiger partial charge in [0.25, 0.3) is 0 Å². The van der Waals surface area contributed by atoms with Crippen LogP contribution >= 0.6 is 0 Å². The van der Waals surface area contributed by atoms with Crippen LogP contribution in [0.15, 0.2) is 199 Å². The molecule has 8 aromatic rings. The van der Waals surface area contributed by atoms with Crippen molar-refractivity contribution in [1.29, 1.82) is 0 Å². The van der Waals surface area contributed by atoms with Gasteiger partial charge in [0.05, 0.1) is 5.39 Å². The molecule has 54 heavy (non-hydrogen) atoms. The molecule has 0 aliphatic carbocycles. The highest BCUT2D eigenvalue weighted by Gasteiger charge is 2.17. The second-order valence-electron chi connectivity index (χ2n) is 13.3. The summed E-state index contributed by atoms with van der Waals surface area (Å²) in [4.78, 5) is 0. The fraction of sp³-hybridized carbons (Fsp3) is 0. The van der Waals surface area contributed by atoms with Gasteiger partial charge in [-0.1, -0.05) is 173 Å². The molecule has 2 heterocycles. The molecule has 8 rings (SSSR count). The molecule has 0 bridgehead atoms. The quantitative estimate of drug-likeness (QED) is 0.148. The fourth-order valence-corrected chi connectivity index (χ4v) is 7.34. The Labute approximate surface area is 314 Å². The summed E-state index contributed by atoms with van der Waals surface area (Å²) in [7, 11) is 0. The lowest BCUT2D eigenvalue weighted by molar-refractivity contribution is 0.580. The lowest BCUT2D eigenvalue weighted by Gasteiger charge is -2.16. The molecular weight excluding hydrogens is 657 g/mol. The second kappa shape index (κ2) is 14.1. The van der Waals surface area contributed by atoms with Crippen molar-refractivity contribution in [3.63, 3.8) is 0 Å². The molecule has 6 aromatic carbocycles. The number of rotatable bonds is 8. The molecule has 0 aliphatic rings. The molecule has 0 N–H and O–H groups in total. The molecule has 2 aromatic heterocycles. The van der Waals surface area contributed by atoms with Gasteiger partial charge in [-0.05, 0) is 85.0 Å². The zero-order valence-electron chi connectivity index (χ0n) is 30.1. The molecule has 258 valence electrons. The number of allylic oxidation sites excluding steroid dienone is 6. The van der Waals surface area contributed by atoms with Crippen LogP contribution < -0.4 is 10.6 Å². The summed E-state index contributed by atoms with van der Waals surface area (Å²) >= 11 is 0. The number of fused-ring (bicyclic) bond motifs is 8. The van der Waals surface area contributed by atoms with Crippen molar-refractivity contribution in [3.8, 4) is 0 Å². The Bertz CT molecular complexity index is 3100. The van der Waals surface area contributed by atoms with Crippen LogP contribution in [0.5, 0.6) is 0 Å². The normalized spacial score (nSPS) is 11.8. The second-order valence-corrected chi connectivity index (χ2v) is 13.3. The summed E-state index contributed by atoms with van der Waals surface area (Å²) in [6.45, 7) is 26.1. The van der Waals surface area contributed by atoms with Crippen LogP contribution in [-0.2, 0) is 0 Å². The minimum Gasteiger partial charge on any atom is -0.456 e. The monoisotopic (exact) mass is 694 g/mol. The van der Waals surface area contributed by atoms with Gasteiger partial charge < -0.3 is 8.83 Å². The maximum absolute atomic E-state index is 6.49. The summed E-state index contributed by atoms with van der Waals surface area (Å²) in [6.07, 6.45) is 7.60. The topological polar surface area (TPSA) is 26.3 Å². The number of hydrogen-bond donors (Lipinski definition) is 0. The van der Waals surface area contributed by atoms with Gasteiger partial charge in [0, 0.05) is 21.4 Å². The third-order valence-electron chi connectivity index (χ3n) is 10.1. The highest BCUT2D eigenvalue weighted by atomic mass is 16.3. The van der Waals surface area contributed by atoms with Crippen LogP contribution in [-0.4, -0.2) is 0 Å². The largest absolute Gasteiger partial charge is 0.456 e. The Morgan fingerprint density at radius 3 is 1.83 bits per heavy atom. The van der Waals surface area contributed by atoms with E-state index in [1.807, 2.05) is 66.7 Å². The minimum absolute atomic E-state index is 0.564. The van der Waals surface area contributed by atoms with Crippen LogP contribution in [0.1, 0.15) is 22.3 Å². The van der Waals surface area contributed by atoms with E-state index in [1.165, 1.54) is 0 Å². The molecule has 0 amide bonds. The zero-order valence-corrected chi connectivity index (χ0v) is 30.1. The van der Waals surface area contributed by atoms with Crippen LogP contribution in [0.4, 0.5) is 0 Å². The van der Waals surface area contributed by atoms with Gasteiger partial charge in [-0.2, -0.15) is 0 Å². The van der Waals surface area contributed by atoms with Gasteiger partial charge in [0.2, 0.25) is 0 Å². The van der Waals surface area contributed by atoms with Crippen molar-refractivity contribution in [3.05, 3.63) is 223 Å². The first-order valence-electron chi connectivity index (χ1n) is 17.8. The predicted molar refractivity (Wildman–Crippen MR) is 233 cm³/mol. The molecule has 2 nitrogen and oxygen atoms in total. The Morgan fingerprint density at radius 1 is 0.519 bits per heavy atom.